The van der Waals surface area contributed by atoms with Gasteiger partial charge < -0.3 is 14.2 Å². The molecule has 0 spiro atoms. The van der Waals surface area contributed by atoms with Crippen molar-refractivity contribution in [1.82, 2.24) is 9.97 Å². The van der Waals surface area contributed by atoms with Gasteiger partial charge in [0.25, 0.3) is 5.91 Å². The molecule has 0 radical (unpaired) electrons. The normalized spacial score (nSPS) is 10.5. The van der Waals surface area contributed by atoms with E-state index in [-0.39, 0.29) is 5.91 Å². The summed E-state index contributed by atoms with van der Waals surface area (Å²) in [6.45, 7) is 0.333. The van der Waals surface area contributed by atoms with E-state index in [1.54, 1.807) is 29.4 Å². The zero-order chi connectivity index (χ0) is 23.2. The zero-order valence-corrected chi connectivity index (χ0v) is 19.3. The van der Waals surface area contributed by atoms with E-state index in [2.05, 4.69) is 4.98 Å². The molecule has 0 aliphatic heterocycles. The van der Waals surface area contributed by atoms with Gasteiger partial charge in [0, 0.05) is 28.9 Å². The second-order valence-corrected chi connectivity index (χ2v) is 7.88. The lowest BCUT2D eigenvalue weighted by Gasteiger charge is -2.21. The van der Waals surface area contributed by atoms with Gasteiger partial charge in [0.15, 0.2) is 16.6 Å². The molecule has 0 atom stereocenters. The van der Waals surface area contributed by atoms with E-state index in [1.807, 2.05) is 47.8 Å². The maximum absolute atomic E-state index is 13.8. The molecule has 0 saturated heterocycles. The van der Waals surface area contributed by atoms with Crippen LogP contribution in [0.25, 0.3) is 11.3 Å². The van der Waals surface area contributed by atoms with Gasteiger partial charge in [-0.1, -0.05) is 30.3 Å². The number of nitrogens with zero attached hydrogens (tertiary/aromatic N) is 3. The van der Waals surface area contributed by atoms with Gasteiger partial charge in [-0.15, -0.1) is 11.3 Å². The zero-order valence-electron chi connectivity index (χ0n) is 18.5. The van der Waals surface area contributed by atoms with Gasteiger partial charge >= 0.3 is 0 Å². The number of pyridine rings is 1. The van der Waals surface area contributed by atoms with Gasteiger partial charge in [-0.05, 0) is 29.8 Å². The number of aromatic nitrogens is 2. The molecule has 2 heterocycles. The van der Waals surface area contributed by atoms with Crippen molar-refractivity contribution in [3.8, 4) is 28.5 Å². The fourth-order valence-electron chi connectivity index (χ4n) is 3.39. The molecule has 0 saturated carbocycles. The van der Waals surface area contributed by atoms with Crippen molar-refractivity contribution in [3.05, 3.63) is 83.5 Å². The van der Waals surface area contributed by atoms with Gasteiger partial charge in [-0.3, -0.25) is 14.7 Å². The lowest BCUT2D eigenvalue weighted by molar-refractivity contribution is 0.0984. The van der Waals surface area contributed by atoms with Crippen LogP contribution in [0.15, 0.2) is 72.4 Å². The Labute approximate surface area is 196 Å². The van der Waals surface area contributed by atoms with Crippen molar-refractivity contribution in [3.63, 3.8) is 0 Å². The van der Waals surface area contributed by atoms with Crippen LogP contribution in [0.5, 0.6) is 17.2 Å². The van der Waals surface area contributed by atoms with Crippen molar-refractivity contribution in [2.24, 2.45) is 0 Å². The van der Waals surface area contributed by atoms with Gasteiger partial charge in [0.05, 0.1) is 33.6 Å². The SMILES string of the molecule is COc1cc(C(=O)N(Cc2ccncc2)c2nc(-c3ccccc3)cs2)cc(OC)c1OC. The smallest absolute Gasteiger partial charge is 0.260 e. The second kappa shape index (κ2) is 10.1. The van der Waals surface area contributed by atoms with E-state index in [0.717, 1.165) is 16.8 Å². The summed E-state index contributed by atoms with van der Waals surface area (Å²) in [5.41, 5.74) is 3.13. The third-order valence-corrected chi connectivity index (χ3v) is 5.90. The quantitative estimate of drug-likeness (QED) is 0.364. The van der Waals surface area contributed by atoms with Crippen LogP contribution in [0.3, 0.4) is 0 Å². The Morgan fingerprint density at radius 3 is 2.21 bits per heavy atom. The first kappa shape index (κ1) is 22.3. The third-order valence-electron chi connectivity index (χ3n) is 5.04. The van der Waals surface area contributed by atoms with Gasteiger partial charge in [-0.25, -0.2) is 4.98 Å². The van der Waals surface area contributed by atoms with Gasteiger partial charge in [0.1, 0.15) is 0 Å². The van der Waals surface area contributed by atoms with E-state index >= 15 is 0 Å². The maximum atomic E-state index is 13.8. The van der Waals surface area contributed by atoms with Crippen LogP contribution in [-0.4, -0.2) is 37.2 Å². The highest BCUT2D eigenvalue weighted by molar-refractivity contribution is 7.14. The first-order valence-electron chi connectivity index (χ1n) is 10.2. The predicted octanol–water partition coefficient (Wildman–Crippen LogP) is 5.08. The molecule has 0 aliphatic carbocycles. The van der Waals surface area contributed by atoms with Crippen molar-refractivity contribution < 1.29 is 19.0 Å². The molecule has 0 bridgehead atoms. The molecule has 0 fully saturated rings. The summed E-state index contributed by atoms with van der Waals surface area (Å²) in [6, 6.07) is 16.9. The number of hydrogen-bond acceptors (Lipinski definition) is 7. The van der Waals surface area contributed by atoms with E-state index in [1.165, 1.54) is 32.7 Å². The molecule has 168 valence electrons. The monoisotopic (exact) mass is 461 g/mol. The summed E-state index contributed by atoms with van der Waals surface area (Å²) < 4.78 is 16.3. The standard InChI is InChI=1S/C25H23N3O4S/c1-30-21-13-19(14-22(31-2)23(21)32-3)24(29)28(15-17-9-11-26-12-10-17)25-27-20(16-33-25)18-7-5-4-6-8-18/h4-14,16H,15H2,1-3H3. The Kier molecular flexibility index (Phi) is 6.85. The Balaban J connectivity index is 1.76. The highest BCUT2D eigenvalue weighted by Gasteiger charge is 2.25. The van der Waals surface area contributed by atoms with Crippen molar-refractivity contribution in [1.29, 1.82) is 0 Å². The van der Waals surface area contributed by atoms with Crippen LogP contribution < -0.4 is 19.1 Å². The molecule has 1 amide bonds. The Hall–Kier alpha value is -3.91. The lowest BCUT2D eigenvalue weighted by atomic mass is 10.1. The number of hydrogen-bond donors (Lipinski definition) is 0. The third kappa shape index (κ3) is 4.80. The van der Waals surface area contributed by atoms with Crippen LogP contribution in [0, 0.1) is 0 Å². The van der Waals surface area contributed by atoms with Crippen LogP contribution in [0.4, 0.5) is 5.13 Å². The molecule has 2 aromatic heterocycles. The van der Waals surface area contributed by atoms with Crippen LogP contribution in [0.1, 0.15) is 15.9 Å². The summed E-state index contributed by atoms with van der Waals surface area (Å²) in [5.74, 6) is 1.01. The minimum atomic E-state index is -0.236. The first-order valence-corrected chi connectivity index (χ1v) is 11.0. The van der Waals surface area contributed by atoms with Crippen molar-refractivity contribution in [2.45, 2.75) is 6.54 Å². The molecule has 8 heteroatoms. The largest absolute Gasteiger partial charge is 0.493 e. The van der Waals surface area contributed by atoms with E-state index in [0.29, 0.717) is 34.5 Å². The topological polar surface area (TPSA) is 73.8 Å². The van der Waals surface area contributed by atoms with Crippen LogP contribution in [0.2, 0.25) is 0 Å². The van der Waals surface area contributed by atoms with Crippen molar-refractivity contribution in [2.75, 3.05) is 26.2 Å². The average Bonchev–Trinajstić information content (AvgIpc) is 3.37. The number of ether oxygens (including phenoxy) is 3. The fraction of sp³-hybridized carbons (Fsp3) is 0.160. The van der Waals surface area contributed by atoms with Crippen molar-refractivity contribution >= 4 is 22.4 Å². The van der Waals surface area contributed by atoms with Gasteiger partial charge in [0.2, 0.25) is 5.75 Å². The number of anilines is 1. The van der Waals surface area contributed by atoms with E-state index in [4.69, 9.17) is 19.2 Å². The molecule has 33 heavy (non-hydrogen) atoms. The molecule has 0 aliphatic rings. The summed E-state index contributed by atoms with van der Waals surface area (Å²) in [4.78, 5) is 24.2. The number of rotatable bonds is 8. The molecule has 4 rings (SSSR count). The number of methoxy groups -OCH3 is 3. The summed E-state index contributed by atoms with van der Waals surface area (Å²) in [7, 11) is 4.57. The molecule has 4 aromatic rings. The Morgan fingerprint density at radius 1 is 0.939 bits per heavy atom. The Bertz CT molecular complexity index is 1200. The Morgan fingerprint density at radius 2 is 1.61 bits per heavy atom. The minimum Gasteiger partial charge on any atom is -0.493 e. The molecular weight excluding hydrogens is 438 g/mol. The van der Waals surface area contributed by atoms with E-state index in [9.17, 15) is 4.79 Å². The average molecular weight is 462 g/mol. The number of carbonyl (C=O) groups excluding carboxylic acids is 1. The fourth-order valence-corrected chi connectivity index (χ4v) is 4.22. The highest BCUT2D eigenvalue weighted by atomic mass is 32.1. The molecule has 7 nitrogen and oxygen atoms in total. The number of carbonyl (C=O) groups is 1. The molecule has 2 aromatic carbocycles. The number of benzene rings is 2. The van der Waals surface area contributed by atoms with Crippen LogP contribution >= 0.6 is 11.3 Å². The molecule has 0 unspecified atom stereocenters. The molecular formula is C25H23N3O4S. The minimum absolute atomic E-state index is 0.236. The summed E-state index contributed by atoms with van der Waals surface area (Å²) in [5, 5.41) is 2.54. The number of amides is 1. The number of thiazole rings is 1. The maximum Gasteiger partial charge on any atom is 0.260 e. The second-order valence-electron chi connectivity index (χ2n) is 7.04. The first-order chi connectivity index (χ1) is 16.1. The summed E-state index contributed by atoms with van der Waals surface area (Å²) >= 11 is 1.41. The highest BCUT2D eigenvalue weighted by Crippen LogP contribution is 2.39. The van der Waals surface area contributed by atoms with Crippen LogP contribution in [-0.2, 0) is 6.54 Å². The lowest BCUT2D eigenvalue weighted by Crippen LogP contribution is -2.30. The van der Waals surface area contributed by atoms with E-state index < -0.39 is 0 Å². The predicted molar refractivity (Wildman–Crippen MR) is 128 cm³/mol. The molecule has 0 N–H and O–H groups in total. The summed E-state index contributed by atoms with van der Waals surface area (Å²) in [6.07, 6.45) is 3.41. The van der Waals surface area contributed by atoms with Gasteiger partial charge in [-0.2, -0.15) is 0 Å².